The lowest BCUT2D eigenvalue weighted by molar-refractivity contribution is -0.143. The standard InChI is InChI=1S/C33H32F6N4O3/c1-3-18-16-43-9-7-19(18)12-26(43)27(23-6-8-40-25-5-4-22(46-2)14-24(23)25)42-29-28(30(44)31(29)45)41-15-17-10-20(32(34,35)36)13-21(11-17)33(37,38)39/h4-6,8,10-11,13-14,18-19,26-27,41-42H,3,7,9,12,15-16H2,1-2H3/t18-,19-,26-,27-/m0/s1. The maximum atomic E-state index is 13.4. The van der Waals surface area contributed by atoms with E-state index < -0.39 is 46.9 Å². The Kier molecular flexibility index (Phi) is 8.24. The summed E-state index contributed by atoms with van der Waals surface area (Å²) >= 11 is 0. The lowest BCUT2D eigenvalue weighted by atomic mass is 9.72. The number of ether oxygens (including phenoxy) is 1. The van der Waals surface area contributed by atoms with Crippen molar-refractivity contribution in [3.05, 3.63) is 91.4 Å². The molecule has 2 bridgehead atoms. The minimum absolute atomic E-state index is 0.0444. The molecular weight excluding hydrogens is 614 g/mol. The molecule has 0 aliphatic carbocycles. The summed E-state index contributed by atoms with van der Waals surface area (Å²) in [5, 5.41) is 6.74. The monoisotopic (exact) mass is 646 g/mol. The van der Waals surface area contributed by atoms with Gasteiger partial charge in [-0.25, -0.2) is 0 Å². The van der Waals surface area contributed by atoms with E-state index in [0.29, 0.717) is 35.2 Å². The fraction of sp³-hybridized carbons (Fsp3) is 0.424. The Balaban J connectivity index is 1.36. The van der Waals surface area contributed by atoms with Crippen molar-refractivity contribution in [1.82, 2.24) is 9.88 Å². The second-order valence-electron chi connectivity index (χ2n) is 12.1. The molecular formula is C33H32F6N4O3. The highest BCUT2D eigenvalue weighted by Gasteiger charge is 2.44. The maximum Gasteiger partial charge on any atom is 0.416 e. The number of fused-ring (bicyclic) bond motifs is 4. The zero-order valence-electron chi connectivity index (χ0n) is 25.1. The summed E-state index contributed by atoms with van der Waals surface area (Å²) in [4.78, 5) is 32.6. The lowest BCUT2D eigenvalue weighted by Crippen LogP contribution is -2.56. The SMILES string of the molecule is CC[C@H]1CN2CC[C@H]1C[C@H]2[C@@H](Nc1c(NCc2cc(C(F)(F)F)cc(C(F)(F)F)c2)c(=O)c1=O)c1ccnc2ccc(OC)cc12. The van der Waals surface area contributed by atoms with Gasteiger partial charge in [-0.3, -0.25) is 19.5 Å². The van der Waals surface area contributed by atoms with Gasteiger partial charge in [0.25, 0.3) is 10.9 Å². The number of piperidine rings is 3. The van der Waals surface area contributed by atoms with Crippen molar-refractivity contribution in [1.29, 1.82) is 0 Å². The fourth-order valence-corrected chi connectivity index (χ4v) is 7.08. The molecule has 46 heavy (non-hydrogen) atoms. The molecule has 0 radical (unpaired) electrons. The van der Waals surface area contributed by atoms with Crippen LogP contribution in [0.4, 0.5) is 37.7 Å². The number of anilines is 2. The number of hydrogen-bond acceptors (Lipinski definition) is 7. The highest BCUT2D eigenvalue weighted by Crippen LogP contribution is 2.44. The predicted molar refractivity (Wildman–Crippen MR) is 162 cm³/mol. The number of alkyl halides is 6. The van der Waals surface area contributed by atoms with Gasteiger partial charge in [0, 0.05) is 30.7 Å². The number of rotatable bonds is 9. The molecule has 1 aromatic heterocycles. The summed E-state index contributed by atoms with van der Waals surface area (Å²) in [5.74, 6) is 1.62. The molecule has 0 saturated carbocycles. The van der Waals surface area contributed by atoms with Crippen molar-refractivity contribution in [3.8, 4) is 5.75 Å². The Bertz CT molecular complexity index is 1800. The summed E-state index contributed by atoms with van der Waals surface area (Å²) in [6.45, 7) is 3.38. The molecule has 4 aromatic rings. The third kappa shape index (κ3) is 5.92. The van der Waals surface area contributed by atoms with Crippen LogP contribution in [0.15, 0.2) is 58.3 Å². The Labute approximate surface area is 260 Å². The third-order valence-corrected chi connectivity index (χ3v) is 9.49. The molecule has 1 unspecified atom stereocenters. The van der Waals surface area contributed by atoms with Gasteiger partial charge in [0.15, 0.2) is 0 Å². The zero-order valence-corrected chi connectivity index (χ0v) is 25.1. The van der Waals surface area contributed by atoms with Crippen LogP contribution in [0.1, 0.15) is 54.5 Å². The summed E-state index contributed by atoms with van der Waals surface area (Å²) in [6, 6.07) is 7.99. The van der Waals surface area contributed by atoms with Gasteiger partial charge in [-0.15, -0.1) is 0 Å². The van der Waals surface area contributed by atoms with Gasteiger partial charge in [0.2, 0.25) is 0 Å². The van der Waals surface area contributed by atoms with E-state index in [0.717, 1.165) is 43.3 Å². The van der Waals surface area contributed by atoms with Crippen LogP contribution in [0.5, 0.6) is 5.75 Å². The molecule has 0 amide bonds. The maximum absolute atomic E-state index is 13.4. The topological polar surface area (TPSA) is 83.6 Å². The number of methoxy groups -OCH3 is 1. The van der Waals surface area contributed by atoms with E-state index in [1.807, 2.05) is 18.2 Å². The van der Waals surface area contributed by atoms with Gasteiger partial charge < -0.3 is 15.4 Å². The number of aromatic nitrogens is 1. The van der Waals surface area contributed by atoms with Crippen LogP contribution in [-0.2, 0) is 18.9 Å². The van der Waals surface area contributed by atoms with Crippen LogP contribution in [0.2, 0.25) is 0 Å². The Morgan fingerprint density at radius 1 is 0.978 bits per heavy atom. The van der Waals surface area contributed by atoms with Crippen molar-refractivity contribution < 1.29 is 31.1 Å². The second kappa shape index (κ2) is 11.9. The molecule has 3 aliphatic heterocycles. The molecule has 3 aliphatic rings. The molecule has 2 N–H and O–H groups in total. The average Bonchev–Trinajstić information content (AvgIpc) is 3.04. The summed E-state index contributed by atoms with van der Waals surface area (Å²) < 4.78 is 86.0. The van der Waals surface area contributed by atoms with E-state index in [9.17, 15) is 35.9 Å². The average molecular weight is 647 g/mol. The Hall–Kier alpha value is -4.13. The highest BCUT2D eigenvalue weighted by atomic mass is 19.4. The minimum atomic E-state index is -5.01. The first kappa shape index (κ1) is 31.8. The number of nitrogens with zero attached hydrogens (tertiary/aromatic N) is 2. The highest BCUT2D eigenvalue weighted by molar-refractivity contribution is 5.85. The van der Waals surface area contributed by atoms with E-state index in [4.69, 9.17) is 4.74 Å². The van der Waals surface area contributed by atoms with Crippen molar-refractivity contribution in [3.63, 3.8) is 0 Å². The quantitative estimate of drug-likeness (QED) is 0.154. The Morgan fingerprint density at radius 2 is 1.67 bits per heavy atom. The van der Waals surface area contributed by atoms with E-state index in [-0.39, 0.29) is 29.0 Å². The van der Waals surface area contributed by atoms with Gasteiger partial charge in [0.05, 0.1) is 29.8 Å². The van der Waals surface area contributed by atoms with Crippen LogP contribution in [0, 0.1) is 11.8 Å². The summed E-state index contributed by atoms with van der Waals surface area (Å²) in [5.41, 5.74) is -3.70. The first-order valence-corrected chi connectivity index (χ1v) is 15.1. The molecule has 3 saturated heterocycles. The van der Waals surface area contributed by atoms with Crippen LogP contribution in [0.3, 0.4) is 0 Å². The van der Waals surface area contributed by atoms with Crippen LogP contribution >= 0.6 is 0 Å². The zero-order chi connectivity index (χ0) is 33.0. The van der Waals surface area contributed by atoms with Crippen molar-refractivity contribution in [2.75, 3.05) is 30.8 Å². The van der Waals surface area contributed by atoms with E-state index in [1.165, 1.54) is 0 Å². The van der Waals surface area contributed by atoms with Gasteiger partial charge in [0.1, 0.15) is 17.1 Å². The van der Waals surface area contributed by atoms with Crippen molar-refractivity contribution in [2.45, 2.75) is 57.2 Å². The largest absolute Gasteiger partial charge is 0.497 e. The van der Waals surface area contributed by atoms with Crippen LogP contribution in [0.25, 0.3) is 10.9 Å². The molecule has 7 rings (SSSR count). The number of pyridine rings is 1. The van der Waals surface area contributed by atoms with Crippen LogP contribution in [-0.4, -0.2) is 36.1 Å². The summed E-state index contributed by atoms with van der Waals surface area (Å²) in [6.07, 6.45) is -5.43. The molecule has 0 spiro atoms. The number of benzene rings is 2. The number of halogens is 6. The van der Waals surface area contributed by atoms with Crippen molar-refractivity contribution >= 4 is 22.3 Å². The smallest absolute Gasteiger partial charge is 0.416 e. The third-order valence-electron chi connectivity index (χ3n) is 9.49. The number of nitrogens with one attached hydrogen (secondary N) is 2. The molecule has 5 atom stereocenters. The first-order valence-electron chi connectivity index (χ1n) is 15.1. The first-order chi connectivity index (χ1) is 21.8. The van der Waals surface area contributed by atoms with E-state index in [2.05, 4.69) is 27.4 Å². The Morgan fingerprint density at radius 3 is 2.28 bits per heavy atom. The molecule has 7 nitrogen and oxygen atoms in total. The van der Waals surface area contributed by atoms with E-state index >= 15 is 0 Å². The van der Waals surface area contributed by atoms with E-state index in [1.54, 1.807) is 19.4 Å². The molecule has 3 aromatic carbocycles. The normalized spacial score (nSPS) is 22.3. The second-order valence-corrected chi connectivity index (χ2v) is 12.1. The molecule has 3 fully saturated rings. The summed E-state index contributed by atoms with van der Waals surface area (Å²) in [7, 11) is 1.55. The minimum Gasteiger partial charge on any atom is -0.497 e. The fourth-order valence-electron chi connectivity index (χ4n) is 7.08. The number of hydrogen-bond donors (Lipinski definition) is 2. The van der Waals surface area contributed by atoms with Gasteiger partial charge in [-0.05, 0) is 84.8 Å². The van der Waals surface area contributed by atoms with Gasteiger partial charge in [-0.2, -0.15) is 26.3 Å². The van der Waals surface area contributed by atoms with Crippen molar-refractivity contribution in [2.24, 2.45) is 11.8 Å². The lowest BCUT2D eigenvalue weighted by Gasteiger charge is -2.52. The molecule has 13 heteroatoms. The predicted octanol–water partition coefficient (Wildman–Crippen LogP) is 6.76. The van der Waals surface area contributed by atoms with Gasteiger partial charge in [-0.1, -0.05) is 13.3 Å². The van der Waals surface area contributed by atoms with Crippen LogP contribution < -0.4 is 26.2 Å². The van der Waals surface area contributed by atoms with Gasteiger partial charge >= 0.3 is 12.4 Å². The molecule has 4 heterocycles. The molecule has 244 valence electrons.